The van der Waals surface area contributed by atoms with Crippen LogP contribution in [0, 0.1) is 0 Å². The predicted octanol–water partition coefficient (Wildman–Crippen LogP) is 16.3. The van der Waals surface area contributed by atoms with Crippen LogP contribution in [0.3, 0.4) is 0 Å². The average Bonchev–Trinajstić information content (AvgIpc) is 3.58. The number of fused-ring (bicyclic) bond motifs is 4. The highest BCUT2D eigenvalue weighted by molar-refractivity contribution is 6.06. The minimum atomic E-state index is -0.553. The third-order valence-corrected chi connectivity index (χ3v) is 13.4. The fourth-order valence-electron chi connectivity index (χ4n) is 10.4. The molecule has 11 rings (SSSR count). The third-order valence-electron chi connectivity index (χ3n) is 13.4. The third kappa shape index (κ3) is 6.39. The van der Waals surface area contributed by atoms with Gasteiger partial charge in [0.2, 0.25) is 0 Å². The molecule has 0 fully saturated rings. The van der Waals surface area contributed by atoms with Crippen LogP contribution < -0.4 is 4.90 Å². The molecule has 63 heavy (non-hydrogen) atoms. The molecule has 0 aromatic heterocycles. The number of benzene rings is 10. The second-order valence-electron chi connectivity index (χ2n) is 17.3. The standard InChI is InChI=1S/C62H47N/c1-61(2)57-33-18-17-32-55(57)56-40-39-53(43-58(56)61)63(59-41-34-45-22-15-16-31-54(45)60(59)47-24-19-23-46(42-47)44-20-7-3-8-21-44)52-37-35-51(36-38-52)62(48-25-9-4-10-26-48,49-27-11-5-12-28-49)50-29-13-6-14-30-50/h3-43H,1-2H3. The summed E-state index contributed by atoms with van der Waals surface area (Å²) >= 11 is 0. The van der Waals surface area contributed by atoms with Crippen LogP contribution in [0.4, 0.5) is 17.1 Å². The zero-order chi connectivity index (χ0) is 42.4. The van der Waals surface area contributed by atoms with Gasteiger partial charge in [-0.25, -0.2) is 0 Å². The van der Waals surface area contributed by atoms with Crippen molar-refractivity contribution in [2.45, 2.75) is 24.7 Å². The molecular weight excluding hydrogens is 759 g/mol. The number of hydrogen-bond acceptors (Lipinski definition) is 1. The number of anilines is 3. The first-order valence-corrected chi connectivity index (χ1v) is 22.0. The molecule has 0 saturated heterocycles. The lowest BCUT2D eigenvalue weighted by Crippen LogP contribution is -2.31. The van der Waals surface area contributed by atoms with Gasteiger partial charge in [-0.15, -0.1) is 0 Å². The molecule has 0 amide bonds. The molecule has 0 N–H and O–H groups in total. The summed E-state index contributed by atoms with van der Waals surface area (Å²) in [5.41, 5.74) is 17.6. The number of nitrogens with zero attached hydrogens (tertiary/aromatic N) is 1. The maximum absolute atomic E-state index is 2.50. The summed E-state index contributed by atoms with van der Waals surface area (Å²) in [5.74, 6) is 0. The second kappa shape index (κ2) is 15.6. The molecule has 1 nitrogen and oxygen atoms in total. The summed E-state index contributed by atoms with van der Waals surface area (Å²) in [6.45, 7) is 4.74. The van der Waals surface area contributed by atoms with Crippen LogP contribution in [0.15, 0.2) is 249 Å². The highest BCUT2D eigenvalue weighted by Gasteiger charge is 2.39. The van der Waals surface area contributed by atoms with E-state index < -0.39 is 5.41 Å². The molecular formula is C62H47N. The van der Waals surface area contributed by atoms with Crippen molar-refractivity contribution in [2.24, 2.45) is 0 Å². The molecule has 0 heterocycles. The minimum Gasteiger partial charge on any atom is -0.310 e. The molecule has 0 aliphatic heterocycles. The fourth-order valence-corrected chi connectivity index (χ4v) is 10.4. The van der Waals surface area contributed by atoms with Crippen LogP contribution in [0.25, 0.3) is 44.2 Å². The van der Waals surface area contributed by atoms with Gasteiger partial charge >= 0.3 is 0 Å². The van der Waals surface area contributed by atoms with E-state index in [0.717, 1.165) is 17.1 Å². The normalized spacial score (nSPS) is 12.7. The van der Waals surface area contributed by atoms with E-state index in [-0.39, 0.29) is 5.41 Å². The van der Waals surface area contributed by atoms with Gasteiger partial charge in [0.25, 0.3) is 0 Å². The molecule has 0 radical (unpaired) electrons. The largest absolute Gasteiger partial charge is 0.310 e. The van der Waals surface area contributed by atoms with Crippen molar-refractivity contribution >= 4 is 27.8 Å². The summed E-state index contributed by atoms with van der Waals surface area (Å²) in [6, 6.07) is 91.6. The minimum absolute atomic E-state index is 0.158. The maximum atomic E-state index is 2.50. The Hall–Kier alpha value is -7.74. The summed E-state index contributed by atoms with van der Waals surface area (Å²) in [5, 5.41) is 2.42. The molecule has 1 aliphatic carbocycles. The van der Waals surface area contributed by atoms with Crippen molar-refractivity contribution in [3.63, 3.8) is 0 Å². The van der Waals surface area contributed by atoms with E-state index in [4.69, 9.17) is 0 Å². The molecule has 1 heteroatoms. The maximum Gasteiger partial charge on any atom is 0.0701 e. The van der Waals surface area contributed by atoms with Gasteiger partial charge in [0.1, 0.15) is 0 Å². The van der Waals surface area contributed by atoms with E-state index in [1.165, 1.54) is 77.5 Å². The van der Waals surface area contributed by atoms with Crippen LogP contribution in [0.2, 0.25) is 0 Å². The van der Waals surface area contributed by atoms with Crippen molar-refractivity contribution in [3.05, 3.63) is 282 Å². The lowest BCUT2D eigenvalue weighted by molar-refractivity contribution is 0.660. The van der Waals surface area contributed by atoms with Crippen molar-refractivity contribution in [1.82, 2.24) is 0 Å². The summed E-state index contributed by atoms with van der Waals surface area (Å²) < 4.78 is 0. The lowest BCUT2D eigenvalue weighted by Gasteiger charge is -2.37. The molecule has 0 atom stereocenters. The Labute approximate surface area is 371 Å². The van der Waals surface area contributed by atoms with Gasteiger partial charge in [-0.05, 0) is 108 Å². The van der Waals surface area contributed by atoms with Gasteiger partial charge in [-0.2, -0.15) is 0 Å². The SMILES string of the molecule is CC1(C)c2ccccc2-c2ccc(N(c3ccc(C(c4ccccc4)(c4ccccc4)c4ccccc4)cc3)c3ccc4ccccc4c3-c3cccc(-c4ccccc4)c3)cc21. The molecule has 0 spiro atoms. The first-order chi connectivity index (χ1) is 31.0. The van der Waals surface area contributed by atoms with Gasteiger partial charge in [-0.3, -0.25) is 0 Å². The van der Waals surface area contributed by atoms with Gasteiger partial charge in [0.15, 0.2) is 0 Å². The monoisotopic (exact) mass is 805 g/mol. The molecule has 0 saturated carbocycles. The Morgan fingerprint density at radius 1 is 0.349 bits per heavy atom. The van der Waals surface area contributed by atoms with E-state index in [1.54, 1.807) is 0 Å². The summed E-state index contributed by atoms with van der Waals surface area (Å²) in [4.78, 5) is 2.50. The van der Waals surface area contributed by atoms with Crippen LogP contribution in [0.1, 0.15) is 47.2 Å². The van der Waals surface area contributed by atoms with Gasteiger partial charge < -0.3 is 4.90 Å². The molecule has 1 aliphatic rings. The van der Waals surface area contributed by atoms with Crippen molar-refractivity contribution < 1.29 is 0 Å². The van der Waals surface area contributed by atoms with E-state index >= 15 is 0 Å². The Bertz CT molecular complexity index is 3130. The van der Waals surface area contributed by atoms with Crippen molar-refractivity contribution in [2.75, 3.05) is 4.90 Å². The van der Waals surface area contributed by atoms with Crippen molar-refractivity contribution in [1.29, 1.82) is 0 Å². The highest BCUT2D eigenvalue weighted by atomic mass is 15.1. The Morgan fingerprint density at radius 2 is 0.857 bits per heavy atom. The first-order valence-electron chi connectivity index (χ1n) is 22.0. The van der Waals surface area contributed by atoms with Gasteiger partial charge in [-0.1, -0.05) is 226 Å². The molecule has 10 aromatic rings. The van der Waals surface area contributed by atoms with E-state index in [2.05, 4.69) is 267 Å². The zero-order valence-corrected chi connectivity index (χ0v) is 35.6. The van der Waals surface area contributed by atoms with Crippen LogP contribution >= 0.6 is 0 Å². The molecule has 0 bridgehead atoms. The van der Waals surface area contributed by atoms with E-state index in [1.807, 2.05) is 0 Å². The highest BCUT2D eigenvalue weighted by Crippen LogP contribution is 2.53. The fraction of sp³-hybridized carbons (Fsp3) is 0.0645. The van der Waals surface area contributed by atoms with Gasteiger partial charge in [0.05, 0.1) is 11.1 Å². The van der Waals surface area contributed by atoms with Crippen LogP contribution in [-0.4, -0.2) is 0 Å². The number of hydrogen-bond donors (Lipinski definition) is 0. The smallest absolute Gasteiger partial charge is 0.0701 e. The summed E-state index contributed by atoms with van der Waals surface area (Å²) in [6.07, 6.45) is 0. The lowest BCUT2D eigenvalue weighted by atomic mass is 9.65. The van der Waals surface area contributed by atoms with Crippen LogP contribution in [-0.2, 0) is 10.8 Å². The molecule has 10 aromatic carbocycles. The second-order valence-corrected chi connectivity index (χ2v) is 17.3. The zero-order valence-electron chi connectivity index (χ0n) is 35.6. The molecule has 300 valence electrons. The van der Waals surface area contributed by atoms with Crippen molar-refractivity contribution in [3.8, 4) is 33.4 Å². The predicted molar refractivity (Wildman–Crippen MR) is 265 cm³/mol. The van der Waals surface area contributed by atoms with E-state index in [9.17, 15) is 0 Å². The Morgan fingerprint density at radius 3 is 1.52 bits per heavy atom. The number of rotatable bonds is 9. The van der Waals surface area contributed by atoms with Gasteiger partial charge in [0, 0.05) is 22.4 Å². The Balaban J connectivity index is 1.16. The summed E-state index contributed by atoms with van der Waals surface area (Å²) in [7, 11) is 0. The Kier molecular flexibility index (Phi) is 9.47. The van der Waals surface area contributed by atoms with Crippen LogP contribution in [0.5, 0.6) is 0 Å². The van der Waals surface area contributed by atoms with E-state index in [0.29, 0.717) is 0 Å². The quantitative estimate of drug-likeness (QED) is 0.131. The average molecular weight is 806 g/mol. The first kappa shape index (κ1) is 38.2. The topological polar surface area (TPSA) is 3.24 Å². The molecule has 0 unspecified atom stereocenters.